The summed E-state index contributed by atoms with van der Waals surface area (Å²) in [5.74, 6) is 0.0276. The van der Waals surface area contributed by atoms with Gasteiger partial charge in [0.2, 0.25) is 5.91 Å². The van der Waals surface area contributed by atoms with Crippen LogP contribution in [0.5, 0.6) is 0 Å². The van der Waals surface area contributed by atoms with Crippen molar-refractivity contribution in [1.29, 1.82) is 0 Å². The third kappa shape index (κ3) is 4.74. The molecule has 0 atom stereocenters. The molecule has 0 aromatic heterocycles. The van der Waals surface area contributed by atoms with E-state index in [1.165, 1.54) is 0 Å². The zero-order valence-corrected chi connectivity index (χ0v) is 14.3. The second-order valence-electron chi connectivity index (χ2n) is 5.93. The van der Waals surface area contributed by atoms with Crippen LogP contribution in [-0.2, 0) is 4.79 Å². The maximum absolute atomic E-state index is 12.1. The van der Waals surface area contributed by atoms with Gasteiger partial charge in [0.1, 0.15) is 0 Å². The summed E-state index contributed by atoms with van der Waals surface area (Å²) < 4.78 is 0. The van der Waals surface area contributed by atoms with Gasteiger partial charge in [0.05, 0.1) is 0 Å². The Morgan fingerprint density at radius 1 is 1.00 bits per heavy atom. The molecule has 23 heavy (non-hydrogen) atoms. The van der Waals surface area contributed by atoms with Crippen molar-refractivity contribution < 1.29 is 4.79 Å². The van der Waals surface area contributed by atoms with Gasteiger partial charge in [-0.3, -0.25) is 4.79 Å². The van der Waals surface area contributed by atoms with Crippen molar-refractivity contribution in [3.8, 4) is 0 Å². The van der Waals surface area contributed by atoms with E-state index in [9.17, 15) is 4.79 Å². The molecule has 0 saturated heterocycles. The Morgan fingerprint density at radius 2 is 1.61 bits per heavy atom. The number of nitrogens with zero attached hydrogens (tertiary/aromatic N) is 1. The fraction of sp³-hybridized carbons (Fsp3) is 0.316. The third-order valence-corrected chi connectivity index (χ3v) is 3.81. The monoisotopic (exact) mass is 311 g/mol. The summed E-state index contributed by atoms with van der Waals surface area (Å²) in [7, 11) is 4.03. The SMILES string of the molecule is Cc1cccc(C)c1NC(=O)CCNc1ccc(N(C)C)cc1. The molecule has 4 nitrogen and oxygen atoms in total. The number of benzene rings is 2. The number of rotatable bonds is 6. The Labute approximate surface area is 138 Å². The molecule has 0 spiro atoms. The molecule has 2 rings (SSSR count). The van der Waals surface area contributed by atoms with Gasteiger partial charge in [-0.2, -0.15) is 0 Å². The Balaban J connectivity index is 1.83. The minimum atomic E-state index is 0.0276. The first-order valence-electron chi connectivity index (χ1n) is 7.84. The molecule has 4 heteroatoms. The quantitative estimate of drug-likeness (QED) is 0.852. The highest BCUT2D eigenvalue weighted by Gasteiger charge is 2.07. The predicted molar refractivity (Wildman–Crippen MR) is 98.4 cm³/mol. The van der Waals surface area contributed by atoms with Gasteiger partial charge in [-0.15, -0.1) is 0 Å². The maximum Gasteiger partial charge on any atom is 0.226 e. The van der Waals surface area contributed by atoms with Crippen molar-refractivity contribution in [1.82, 2.24) is 0 Å². The predicted octanol–water partition coefficient (Wildman–Crippen LogP) is 3.81. The molecule has 0 aliphatic carbocycles. The van der Waals surface area contributed by atoms with E-state index in [-0.39, 0.29) is 5.91 Å². The van der Waals surface area contributed by atoms with Crippen molar-refractivity contribution in [2.45, 2.75) is 20.3 Å². The zero-order chi connectivity index (χ0) is 16.8. The van der Waals surface area contributed by atoms with E-state index >= 15 is 0 Å². The number of aryl methyl sites for hydroxylation is 2. The summed E-state index contributed by atoms with van der Waals surface area (Å²) in [4.78, 5) is 14.2. The fourth-order valence-electron chi connectivity index (χ4n) is 2.41. The molecule has 0 unspecified atom stereocenters. The summed E-state index contributed by atoms with van der Waals surface area (Å²) in [5, 5.41) is 6.28. The molecule has 1 amide bonds. The average Bonchev–Trinajstić information content (AvgIpc) is 2.51. The van der Waals surface area contributed by atoms with Crippen LogP contribution in [0.15, 0.2) is 42.5 Å². The summed E-state index contributed by atoms with van der Waals surface area (Å²) >= 11 is 0. The Hall–Kier alpha value is -2.49. The van der Waals surface area contributed by atoms with E-state index in [4.69, 9.17) is 0 Å². The van der Waals surface area contributed by atoms with Crippen LogP contribution in [0.2, 0.25) is 0 Å². The number of carbonyl (C=O) groups is 1. The lowest BCUT2D eigenvalue weighted by Gasteiger charge is -2.14. The van der Waals surface area contributed by atoms with E-state index in [0.717, 1.165) is 28.2 Å². The largest absolute Gasteiger partial charge is 0.385 e. The zero-order valence-electron chi connectivity index (χ0n) is 14.3. The molecule has 0 aliphatic rings. The van der Waals surface area contributed by atoms with Crippen LogP contribution in [0.25, 0.3) is 0 Å². The lowest BCUT2D eigenvalue weighted by Crippen LogP contribution is -2.17. The van der Waals surface area contributed by atoms with Crippen LogP contribution in [0.3, 0.4) is 0 Å². The van der Waals surface area contributed by atoms with E-state index < -0.39 is 0 Å². The van der Waals surface area contributed by atoms with E-state index in [2.05, 4.69) is 27.7 Å². The molecular formula is C19H25N3O. The minimum Gasteiger partial charge on any atom is -0.385 e. The van der Waals surface area contributed by atoms with Gasteiger partial charge < -0.3 is 15.5 Å². The first kappa shape index (κ1) is 16.9. The highest BCUT2D eigenvalue weighted by Crippen LogP contribution is 2.19. The summed E-state index contributed by atoms with van der Waals surface area (Å²) in [5.41, 5.74) is 5.28. The fourth-order valence-corrected chi connectivity index (χ4v) is 2.41. The maximum atomic E-state index is 12.1. The second kappa shape index (κ2) is 7.68. The number of carbonyl (C=O) groups excluding carboxylic acids is 1. The number of hydrogen-bond donors (Lipinski definition) is 2. The number of hydrogen-bond acceptors (Lipinski definition) is 3. The molecule has 0 radical (unpaired) electrons. The van der Waals surface area contributed by atoms with Crippen molar-refractivity contribution in [2.24, 2.45) is 0 Å². The van der Waals surface area contributed by atoms with Crippen LogP contribution in [-0.4, -0.2) is 26.5 Å². The van der Waals surface area contributed by atoms with Crippen molar-refractivity contribution in [3.05, 3.63) is 53.6 Å². The summed E-state index contributed by atoms with van der Waals surface area (Å²) in [6, 6.07) is 14.2. The summed E-state index contributed by atoms with van der Waals surface area (Å²) in [6.45, 7) is 4.62. The lowest BCUT2D eigenvalue weighted by molar-refractivity contribution is -0.115. The molecule has 0 aliphatic heterocycles. The van der Waals surface area contributed by atoms with Crippen molar-refractivity contribution >= 4 is 23.0 Å². The summed E-state index contributed by atoms with van der Waals surface area (Å²) in [6.07, 6.45) is 0.434. The van der Waals surface area contributed by atoms with Crippen LogP contribution in [0.4, 0.5) is 17.1 Å². The molecular weight excluding hydrogens is 286 g/mol. The average molecular weight is 311 g/mol. The van der Waals surface area contributed by atoms with E-state index in [0.29, 0.717) is 13.0 Å². The molecule has 0 heterocycles. The van der Waals surface area contributed by atoms with Gasteiger partial charge in [0.25, 0.3) is 0 Å². The number of nitrogens with one attached hydrogen (secondary N) is 2. The first-order valence-corrected chi connectivity index (χ1v) is 7.84. The highest BCUT2D eigenvalue weighted by atomic mass is 16.1. The molecule has 122 valence electrons. The van der Waals surface area contributed by atoms with Crippen molar-refractivity contribution in [3.63, 3.8) is 0 Å². The van der Waals surface area contributed by atoms with Gasteiger partial charge in [-0.05, 0) is 49.2 Å². The Kier molecular flexibility index (Phi) is 5.63. The van der Waals surface area contributed by atoms with E-state index in [1.54, 1.807) is 0 Å². The van der Waals surface area contributed by atoms with E-state index in [1.807, 2.05) is 58.3 Å². The van der Waals surface area contributed by atoms with Gasteiger partial charge in [-0.1, -0.05) is 18.2 Å². The highest BCUT2D eigenvalue weighted by molar-refractivity contribution is 5.92. The second-order valence-corrected chi connectivity index (χ2v) is 5.93. The third-order valence-electron chi connectivity index (χ3n) is 3.81. The molecule has 2 aromatic carbocycles. The normalized spacial score (nSPS) is 10.3. The molecule has 0 saturated carbocycles. The van der Waals surface area contributed by atoms with Crippen LogP contribution >= 0.6 is 0 Å². The Bertz CT molecular complexity index is 643. The van der Waals surface area contributed by atoms with Crippen LogP contribution in [0, 0.1) is 13.8 Å². The number of anilines is 3. The minimum absolute atomic E-state index is 0.0276. The standard InChI is InChI=1S/C19H25N3O/c1-14-6-5-7-15(2)19(14)21-18(23)12-13-20-16-8-10-17(11-9-16)22(3)4/h5-11,20H,12-13H2,1-4H3,(H,21,23). The molecule has 0 fully saturated rings. The van der Waals surface area contributed by atoms with Gasteiger partial charge >= 0.3 is 0 Å². The van der Waals surface area contributed by atoms with Crippen LogP contribution in [0.1, 0.15) is 17.5 Å². The molecule has 2 N–H and O–H groups in total. The molecule has 2 aromatic rings. The smallest absolute Gasteiger partial charge is 0.226 e. The Morgan fingerprint density at radius 3 is 2.17 bits per heavy atom. The molecule has 0 bridgehead atoms. The van der Waals surface area contributed by atoms with Crippen molar-refractivity contribution in [2.75, 3.05) is 36.2 Å². The van der Waals surface area contributed by atoms with Gasteiger partial charge in [-0.25, -0.2) is 0 Å². The first-order chi connectivity index (χ1) is 11.0. The number of para-hydroxylation sites is 1. The topological polar surface area (TPSA) is 44.4 Å². The van der Waals surface area contributed by atoms with Gasteiger partial charge in [0.15, 0.2) is 0 Å². The van der Waals surface area contributed by atoms with Crippen LogP contribution < -0.4 is 15.5 Å². The number of amides is 1. The van der Waals surface area contributed by atoms with Gasteiger partial charge in [0, 0.05) is 44.1 Å². The lowest BCUT2D eigenvalue weighted by atomic mass is 10.1.